The fourth-order valence-electron chi connectivity index (χ4n) is 3.30. The van der Waals surface area contributed by atoms with Gasteiger partial charge in [0.05, 0.1) is 0 Å². The first-order valence-corrected chi connectivity index (χ1v) is 7.92. The van der Waals surface area contributed by atoms with Gasteiger partial charge in [-0.15, -0.1) is 0 Å². The predicted octanol–water partition coefficient (Wildman–Crippen LogP) is 6.32. The van der Waals surface area contributed by atoms with Crippen LogP contribution in [0.5, 0.6) is 0 Å². The first kappa shape index (κ1) is 17.7. The van der Waals surface area contributed by atoms with Crippen molar-refractivity contribution >= 4 is 0 Å². The summed E-state index contributed by atoms with van der Waals surface area (Å²) >= 11 is 0. The van der Waals surface area contributed by atoms with Crippen molar-refractivity contribution < 1.29 is 0 Å². The highest BCUT2D eigenvalue weighted by atomic mass is 14.3. The average Bonchev–Trinajstić information content (AvgIpc) is 2.24. The Morgan fingerprint density at radius 1 is 0.889 bits per heavy atom. The zero-order chi connectivity index (χ0) is 14.5. The van der Waals surface area contributed by atoms with Crippen molar-refractivity contribution in [3.05, 3.63) is 11.1 Å². The maximum atomic E-state index is 2.40. The summed E-state index contributed by atoms with van der Waals surface area (Å²) < 4.78 is 0. The molecule has 0 heteroatoms. The van der Waals surface area contributed by atoms with Gasteiger partial charge in [0, 0.05) is 0 Å². The van der Waals surface area contributed by atoms with Crippen molar-refractivity contribution in [1.29, 1.82) is 0 Å². The number of allylic oxidation sites excluding steroid dienone is 2. The molecule has 0 saturated carbocycles. The topological polar surface area (TPSA) is 0 Å². The zero-order valence-corrected chi connectivity index (χ0v) is 14.3. The van der Waals surface area contributed by atoms with Crippen LogP contribution in [0.15, 0.2) is 11.1 Å². The first-order valence-electron chi connectivity index (χ1n) is 7.92. The fraction of sp³-hybridized carbons (Fsp3) is 0.889. The van der Waals surface area contributed by atoms with Crippen LogP contribution in [0.2, 0.25) is 0 Å². The summed E-state index contributed by atoms with van der Waals surface area (Å²) in [6, 6.07) is 0. The van der Waals surface area contributed by atoms with Crippen LogP contribution < -0.4 is 0 Å². The van der Waals surface area contributed by atoms with Crippen LogP contribution in [0.25, 0.3) is 0 Å². The Bertz CT molecular complexity index is 255. The van der Waals surface area contributed by atoms with Gasteiger partial charge in [-0.3, -0.25) is 0 Å². The molecule has 0 saturated heterocycles. The first-order chi connectivity index (χ1) is 8.22. The molecule has 0 radical (unpaired) electrons. The molecule has 0 heterocycles. The monoisotopic (exact) mass is 252 g/mol. The molecule has 0 aliphatic rings. The summed E-state index contributed by atoms with van der Waals surface area (Å²) in [5, 5.41) is 0. The second-order valence-corrected chi connectivity index (χ2v) is 7.08. The summed E-state index contributed by atoms with van der Waals surface area (Å²) in [6.07, 6.45) is 2.59. The van der Waals surface area contributed by atoms with E-state index >= 15 is 0 Å². The standard InChI is InChI=1S/C18H36/c1-10-15(8)18(14(6)7)16(9)17(13(4)5)11-12(2)3/h12-15,17H,10-11H2,1-9H3. The Morgan fingerprint density at radius 3 is 1.67 bits per heavy atom. The molecule has 0 aromatic rings. The number of rotatable bonds is 7. The van der Waals surface area contributed by atoms with Crippen LogP contribution in [0, 0.1) is 29.6 Å². The smallest absolute Gasteiger partial charge is 0.0178 e. The predicted molar refractivity (Wildman–Crippen MR) is 84.8 cm³/mol. The van der Waals surface area contributed by atoms with E-state index in [1.54, 1.807) is 11.1 Å². The van der Waals surface area contributed by atoms with Crippen molar-refractivity contribution in [3.8, 4) is 0 Å². The lowest BCUT2D eigenvalue weighted by Crippen LogP contribution is -2.18. The van der Waals surface area contributed by atoms with Gasteiger partial charge in [-0.1, -0.05) is 66.5 Å². The molecule has 0 aliphatic carbocycles. The molecular weight excluding hydrogens is 216 g/mol. The van der Waals surface area contributed by atoms with E-state index in [0.717, 1.165) is 23.7 Å². The number of hydrogen-bond acceptors (Lipinski definition) is 0. The third-order valence-corrected chi connectivity index (χ3v) is 4.31. The molecule has 108 valence electrons. The van der Waals surface area contributed by atoms with Gasteiger partial charge in [0.1, 0.15) is 0 Å². The van der Waals surface area contributed by atoms with Gasteiger partial charge in [0.2, 0.25) is 0 Å². The van der Waals surface area contributed by atoms with Gasteiger partial charge in [0.25, 0.3) is 0 Å². The van der Waals surface area contributed by atoms with Crippen molar-refractivity contribution in [2.24, 2.45) is 29.6 Å². The Labute approximate surface area is 116 Å². The molecule has 0 aromatic carbocycles. The SMILES string of the molecule is CCC(C)C(=C(C)C(CC(C)C)C(C)C)C(C)C. The Morgan fingerprint density at radius 2 is 1.39 bits per heavy atom. The second-order valence-electron chi connectivity index (χ2n) is 7.08. The fourth-order valence-corrected chi connectivity index (χ4v) is 3.30. The molecule has 0 N–H and O–H groups in total. The van der Waals surface area contributed by atoms with Gasteiger partial charge in [-0.2, -0.15) is 0 Å². The largest absolute Gasteiger partial charge is 0.0702 e. The van der Waals surface area contributed by atoms with E-state index in [9.17, 15) is 0 Å². The summed E-state index contributed by atoms with van der Waals surface area (Å²) in [5.41, 5.74) is 3.40. The minimum absolute atomic E-state index is 0.688. The summed E-state index contributed by atoms with van der Waals surface area (Å²) in [6.45, 7) is 21.3. The molecule has 0 rings (SSSR count). The quantitative estimate of drug-likeness (QED) is 0.465. The van der Waals surface area contributed by atoms with E-state index in [1.807, 2.05) is 0 Å². The normalized spacial score (nSPS) is 17.3. The highest BCUT2D eigenvalue weighted by Gasteiger charge is 2.23. The lowest BCUT2D eigenvalue weighted by molar-refractivity contribution is 0.353. The zero-order valence-electron chi connectivity index (χ0n) is 14.3. The van der Waals surface area contributed by atoms with Crippen LogP contribution in [0.1, 0.15) is 75.2 Å². The Balaban J connectivity index is 5.36. The van der Waals surface area contributed by atoms with Crippen LogP contribution >= 0.6 is 0 Å². The van der Waals surface area contributed by atoms with Gasteiger partial charge >= 0.3 is 0 Å². The maximum absolute atomic E-state index is 2.40. The van der Waals surface area contributed by atoms with E-state index in [0.29, 0.717) is 5.92 Å². The van der Waals surface area contributed by atoms with Crippen LogP contribution in [0.3, 0.4) is 0 Å². The van der Waals surface area contributed by atoms with E-state index < -0.39 is 0 Å². The maximum Gasteiger partial charge on any atom is -0.0178 e. The third kappa shape index (κ3) is 5.16. The van der Waals surface area contributed by atoms with E-state index in [1.165, 1.54) is 12.8 Å². The highest BCUT2D eigenvalue weighted by Crippen LogP contribution is 2.35. The van der Waals surface area contributed by atoms with Crippen molar-refractivity contribution in [1.82, 2.24) is 0 Å². The average molecular weight is 252 g/mol. The molecule has 0 bridgehead atoms. The summed E-state index contributed by atoms with van der Waals surface area (Å²) in [4.78, 5) is 0. The van der Waals surface area contributed by atoms with Gasteiger partial charge in [0.15, 0.2) is 0 Å². The number of hydrogen-bond donors (Lipinski definition) is 0. The molecule has 0 aromatic heterocycles. The molecule has 0 spiro atoms. The van der Waals surface area contributed by atoms with Gasteiger partial charge in [-0.05, 0) is 49.4 Å². The third-order valence-electron chi connectivity index (χ3n) is 4.31. The lowest BCUT2D eigenvalue weighted by Gasteiger charge is -2.30. The minimum atomic E-state index is 0.688. The second kappa shape index (κ2) is 8.02. The molecule has 2 unspecified atom stereocenters. The van der Waals surface area contributed by atoms with Crippen molar-refractivity contribution in [2.45, 2.75) is 75.2 Å². The van der Waals surface area contributed by atoms with Crippen molar-refractivity contribution in [2.75, 3.05) is 0 Å². The molecule has 0 fully saturated rings. The molecule has 18 heavy (non-hydrogen) atoms. The van der Waals surface area contributed by atoms with Crippen LogP contribution in [0.4, 0.5) is 0 Å². The Kier molecular flexibility index (Phi) is 7.90. The van der Waals surface area contributed by atoms with E-state index in [2.05, 4.69) is 62.3 Å². The Hall–Kier alpha value is -0.260. The summed E-state index contributed by atoms with van der Waals surface area (Å²) in [7, 11) is 0. The molecular formula is C18H36. The molecule has 0 nitrogen and oxygen atoms in total. The van der Waals surface area contributed by atoms with Gasteiger partial charge < -0.3 is 0 Å². The lowest BCUT2D eigenvalue weighted by atomic mass is 9.75. The summed E-state index contributed by atoms with van der Waals surface area (Å²) in [5.74, 6) is 3.73. The van der Waals surface area contributed by atoms with Gasteiger partial charge in [-0.25, -0.2) is 0 Å². The van der Waals surface area contributed by atoms with E-state index in [-0.39, 0.29) is 0 Å². The molecule has 0 aliphatic heterocycles. The van der Waals surface area contributed by atoms with E-state index in [4.69, 9.17) is 0 Å². The highest BCUT2D eigenvalue weighted by molar-refractivity contribution is 5.20. The molecule has 0 amide bonds. The van der Waals surface area contributed by atoms with Crippen LogP contribution in [-0.4, -0.2) is 0 Å². The minimum Gasteiger partial charge on any atom is -0.0702 e. The van der Waals surface area contributed by atoms with Crippen molar-refractivity contribution in [3.63, 3.8) is 0 Å². The van der Waals surface area contributed by atoms with Crippen LogP contribution in [-0.2, 0) is 0 Å². The molecule has 2 atom stereocenters.